The fourth-order valence-corrected chi connectivity index (χ4v) is 2.84. The van der Waals surface area contributed by atoms with Crippen LogP contribution in [-0.2, 0) is 0 Å². The molecule has 1 heterocycles. The van der Waals surface area contributed by atoms with Crippen LogP contribution in [-0.4, -0.2) is 15.1 Å². The first-order valence-electron chi connectivity index (χ1n) is 5.40. The number of hydrogen-bond acceptors (Lipinski definition) is 3. The first-order chi connectivity index (χ1) is 8.95. The third kappa shape index (κ3) is 3.54. The highest BCUT2D eigenvalue weighted by molar-refractivity contribution is 9.11. The van der Waals surface area contributed by atoms with E-state index in [1.54, 1.807) is 37.3 Å². The number of nitrogens with one attached hydrogen (secondary N) is 1. The molecule has 0 radical (unpaired) electrons. The molecule has 2 rings (SSSR count). The van der Waals surface area contributed by atoms with E-state index in [1.807, 2.05) is 0 Å². The summed E-state index contributed by atoms with van der Waals surface area (Å²) in [5, 5.41) is 9.90. The number of rotatable bonds is 2. The Morgan fingerprint density at radius 1 is 1.26 bits per heavy atom. The molecule has 0 saturated heterocycles. The normalized spacial score (nSPS) is 11.1. The maximum atomic E-state index is 11.2. The van der Waals surface area contributed by atoms with E-state index in [1.165, 1.54) is 0 Å². The Morgan fingerprint density at radius 3 is 2.68 bits per heavy atom. The van der Waals surface area contributed by atoms with Crippen molar-refractivity contribution in [1.29, 1.82) is 0 Å². The first kappa shape index (κ1) is 14.0. The highest BCUT2D eigenvalue weighted by Gasteiger charge is 2.04. The van der Waals surface area contributed by atoms with Crippen LogP contribution in [0.5, 0.6) is 5.75 Å². The number of H-pyrrole nitrogens is 1. The third-order valence-corrected chi connectivity index (χ3v) is 3.45. The lowest BCUT2D eigenvalue weighted by Gasteiger charge is -2.03. The number of aromatic hydroxyl groups is 1. The number of hydrogen-bond donors (Lipinski definition) is 2. The number of aromatic nitrogens is 2. The lowest BCUT2D eigenvalue weighted by Crippen LogP contribution is -2.11. The summed E-state index contributed by atoms with van der Waals surface area (Å²) in [4.78, 5) is 17.6. The second-order valence-corrected chi connectivity index (χ2v) is 5.72. The molecule has 2 N–H and O–H groups in total. The Bertz CT molecular complexity index is 708. The van der Waals surface area contributed by atoms with Gasteiger partial charge in [-0.1, -0.05) is 15.9 Å². The number of halogens is 2. The van der Waals surface area contributed by atoms with Crippen molar-refractivity contribution < 1.29 is 5.11 Å². The SMILES string of the molecule is Cc1cc(/C=C/c2cc(Br)cc(Br)c2O)nc(=O)[nH]1. The summed E-state index contributed by atoms with van der Waals surface area (Å²) in [6.45, 7) is 1.79. The van der Waals surface area contributed by atoms with Gasteiger partial charge in [0.05, 0.1) is 10.2 Å². The number of aromatic amines is 1. The van der Waals surface area contributed by atoms with Gasteiger partial charge in [-0.2, -0.15) is 4.98 Å². The van der Waals surface area contributed by atoms with Crippen molar-refractivity contribution in [1.82, 2.24) is 9.97 Å². The molecule has 1 aromatic carbocycles. The zero-order valence-electron chi connectivity index (χ0n) is 9.95. The maximum absolute atomic E-state index is 11.2. The average Bonchev–Trinajstić information content (AvgIpc) is 2.30. The lowest BCUT2D eigenvalue weighted by atomic mass is 10.1. The molecule has 1 aromatic heterocycles. The minimum atomic E-state index is -0.390. The number of benzene rings is 1. The number of aryl methyl sites for hydroxylation is 1. The molecule has 0 bridgehead atoms. The van der Waals surface area contributed by atoms with E-state index in [0.29, 0.717) is 15.7 Å². The van der Waals surface area contributed by atoms with Gasteiger partial charge >= 0.3 is 5.69 Å². The second-order valence-electron chi connectivity index (χ2n) is 3.95. The van der Waals surface area contributed by atoms with E-state index in [4.69, 9.17) is 0 Å². The summed E-state index contributed by atoms with van der Waals surface area (Å²) < 4.78 is 1.43. The molecular formula is C13H10Br2N2O2. The second kappa shape index (κ2) is 5.71. The molecule has 0 aliphatic heterocycles. The largest absolute Gasteiger partial charge is 0.506 e. The van der Waals surface area contributed by atoms with Crippen molar-refractivity contribution in [3.8, 4) is 5.75 Å². The molecule has 98 valence electrons. The number of phenols is 1. The van der Waals surface area contributed by atoms with E-state index in [9.17, 15) is 9.90 Å². The van der Waals surface area contributed by atoms with Gasteiger partial charge in [0.25, 0.3) is 0 Å². The molecule has 0 aliphatic carbocycles. The van der Waals surface area contributed by atoms with Crippen LogP contribution < -0.4 is 5.69 Å². The smallest absolute Gasteiger partial charge is 0.345 e. The van der Waals surface area contributed by atoms with Crippen LogP contribution in [0.3, 0.4) is 0 Å². The molecule has 19 heavy (non-hydrogen) atoms. The lowest BCUT2D eigenvalue weighted by molar-refractivity contribution is 0.470. The van der Waals surface area contributed by atoms with Gasteiger partial charge < -0.3 is 10.1 Å². The highest BCUT2D eigenvalue weighted by atomic mass is 79.9. The molecule has 6 heteroatoms. The van der Waals surface area contributed by atoms with Gasteiger partial charge in [-0.05, 0) is 53.2 Å². The minimum absolute atomic E-state index is 0.140. The Kier molecular flexibility index (Phi) is 4.21. The maximum Gasteiger partial charge on any atom is 0.345 e. The molecule has 0 spiro atoms. The van der Waals surface area contributed by atoms with Crippen molar-refractivity contribution in [2.75, 3.05) is 0 Å². The average molecular weight is 386 g/mol. The van der Waals surface area contributed by atoms with Gasteiger partial charge in [0.2, 0.25) is 0 Å². The molecule has 0 atom stereocenters. The predicted molar refractivity (Wildman–Crippen MR) is 82.0 cm³/mol. The highest BCUT2D eigenvalue weighted by Crippen LogP contribution is 2.32. The molecule has 0 aliphatic rings. The fourth-order valence-electron chi connectivity index (χ4n) is 1.58. The van der Waals surface area contributed by atoms with Gasteiger partial charge in [0.1, 0.15) is 5.75 Å². The van der Waals surface area contributed by atoms with Gasteiger partial charge in [-0.15, -0.1) is 0 Å². The summed E-state index contributed by atoms with van der Waals surface area (Å²) in [7, 11) is 0. The van der Waals surface area contributed by atoms with Gasteiger partial charge in [0, 0.05) is 15.7 Å². The molecule has 0 fully saturated rings. The number of nitrogens with zero attached hydrogens (tertiary/aromatic N) is 1. The Morgan fingerprint density at radius 2 is 2.00 bits per heavy atom. The summed E-state index contributed by atoms with van der Waals surface area (Å²) in [5.41, 5.74) is 1.51. The first-order valence-corrected chi connectivity index (χ1v) is 6.98. The van der Waals surface area contributed by atoms with Crippen molar-refractivity contribution >= 4 is 44.0 Å². The fraction of sp³-hybridized carbons (Fsp3) is 0.0769. The van der Waals surface area contributed by atoms with E-state index >= 15 is 0 Å². The summed E-state index contributed by atoms with van der Waals surface area (Å²) >= 11 is 6.61. The Hall–Kier alpha value is -1.40. The van der Waals surface area contributed by atoms with Crippen LogP contribution in [0, 0.1) is 6.92 Å². The molecule has 4 nitrogen and oxygen atoms in total. The van der Waals surface area contributed by atoms with Gasteiger partial charge in [-0.25, -0.2) is 4.79 Å². The van der Waals surface area contributed by atoms with Crippen LogP contribution in [0.2, 0.25) is 0 Å². The van der Waals surface area contributed by atoms with Gasteiger partial charge in [0.15, 0.2) is 0 Å². The Balaban J connectivity index is 2.40. The molecule has 0 unspecified atom stereocenters. The molecular weight excluding hydrogens is 376 g/mol. The van der Waals surface area contributed by atoms with Crippen molar-refractivity contribution in [3.63, 3.8) is 0 Å². The van der Waals surface area contributed by atoms with Crippen molar-refractivity contribution in [3.05, 3.63) is 54.6 Å². The van der Waals surface area contributed by atoms with E-state index in [2.05, 4.69) is 41.8 Å². The van der Waals surface area contributed by atoms with E-state index in [0.717, 1.165) is 10.2 Å². The zero-order chi connectivity index (χ0) is 14.0. The van der Waals surface area contributed by atoms with Crippen LogP contribution >= 0.6 is 31.9 Å². The van der Waals surface area contributed by atoms with Crippen molar-refractivity contribution in [2.45, 2.75) is 6.92 Å². The molecule has 0 amide bonds. The summed E-state index contributed by atoms with van der Waals surface area (Å²) in [5.74, 6) is 0.140. The van der Waals surface area contributed by atoms with Crippen LogP contribution in [0.4, 0.5) is 0 Å². The molecule has 0 saturated carbocycles. The van der Waals surface area contributed by atoms with E-state index < -0.39 is 0 Å². The minimum Gasteiger partial charge on any atom is -0.506 e. The quantitative estimate of drug-likeness (QED) is 0.831. The monoisotopic (exact) mass is 384 g/mol. The predicted octanol–water partition coefficient (Wildman–Crippen LogP) is 3.48. The van der Waals surface area contributed by atoms with Crippen LogP contribution in [0.25, 0.3) is 12.2 Å². The number of phenolic OH excluding ortho intramolecular Hbond substituents is 1. The topological polar surface area (TPSA) is 66.0 Å². The Labute approximate surface area is 126 Å². The van der Waals surface area contributed by atoms with Gasteiger partial charge in [-0.3, -0.25) is 0 Å². The third-order valence-electron chi connectivity index (χ3n) is 2.39. The summed E-state index contributed by atoms with van der Waals surface area (Å²) in [6, 6.07) is 5.28. The standard InChI is InChI=1S/C13H10Br2N2O2/c1-7-4-10(17-13(19)16-7)3-2-8-5-9(14)6-11(15)12(8)18/h2-6,18H,1H3,(H,16,17,19)/b3-2+. The van der Waals surface area contributed by atoms with E-state index in [-0.39, 0.29) is 11.4 Å². The van der Waals surface area contributed by atoms with Crippen LogP contribution in [0.1, 0.15) is 17.0 Å². The zero-order valence-corrected chi connectivity index (χ0v) is 13.1. The van der Waals surface area contributed by atoms with Crippen LogP contribution in [0.15, 0.2) is 31.9 Å². The summed E-state index contributed by atoms with van der Waals surface area (Å²) in [6.07, 6.45) is 3.38. The molecule has 2 aromatic rings. The van der Waals surface area contributed by atoms with Crippen molar-refractivity contribution in [2.24, 2.45) is 0 Å².